The molecule has 16 nitrogen and oxygen atoms in total. The zero-order valence-corrected chi connectivity index (χ0v) is 28.3. The second-order valence-electron chi connectivity index (χ2n) is 11.5. The van der Waals surface area contributed by atoms with Gasteiger partial charge in [0.15, 0.2) is 36.1 Å². The predicted octanol–water partition coefficient (Wildman–Crippen LogP) is 4.47. The lowest BCUT2D eigenvalue weighted by Crippen LogP contribution is -2.36. The predicted molar refractivity (Wildman–Crippen MR) is 169 cm³/mol. The first-order valence-corrected chi connectivity index (χ1v) is 20.4. The molecule has 0 N–H and O–H groups in total. The maximum Gasteiger partial charge on any atom is 0.386 e. The first kappa shape index (κ1) is 32.8. The molecule has 3 fully saturated rings. The van der Waals surface area contributed by atoms with E-state index in [9.17, 15) is 9.13 Å². The molecule has 0 aliphatic carbocycles. The minimum Gasteiger partial charge on any atom is -0.346 e. The van der Waals surface area contributed by atoms with Crippen LogP contribution in [0.1, 0.15) is 36.7 Å². The number of hydrogen-bond donors (Lipinski definition) is 2. The summed E-state index contributed by atoms with van der Waals surface area (Å²) < 4.78 is 96.3. The molecule has 4 aromatic heterocycles. The topological polar surface area (TPSA) is 177 Å². The molecule has 5 aliphatic heterocycles. The van der Waals surface area contributed by atoms with E-state index in [-0.39, 0.29) is 0 Å². The van der Waals surface area contributed by atoms with Crippen molar-refractivity contribution in [3.05, 3.63) is 48.8 Å². The summed E-state index contributed by atoms with van der Waals surface area (Å²) in [5, 5.41) is 0. The molecule has 3 saturated heterocycles. The van der Waals surface area contributed by atoms with Gasteiger partial charge in [0.1, 0.15) is 48.1 Å². The third-order valence-corrected chi connectivity index (χ3v) is 11.8. The number of imidazole rings is 2. The van der Waals surface area contributed by atoms with Gasteiger partial charge >= 0.3 is 13.6 Å². The summed E-state index contributed by atoms with van der Waals surface area (Å²) in [5.41, 5.74) is 2.75. The Morgan fingerprint density at radius 2 is 1.12 bits per heavy atom. The number of allylic oxidation sites excluding steroid dienone is 2. The number of thiol groups is 2. The van der Waals surface area contributed by atoms with Gasteiger partial charge < -0.3 is 9.47 Å². The third kappa shape index (κ3) is 6.03. The standard InChI is InChI=1S/C26H28F2N8O8P2S2/c27-17-21-15-7-39-46(38,48)44-22-16(8-40-45(37,47)43-21)42-26(18(22)28)36-12-34-20-14(30-10-32-24(20)36)6-4-2-1-3-5-13-19-23(31-9-29-13)35(11-33-19)25(17)41-15/h1-2,9-12,15-18,21-22,25-26H,3-8H2,(H,37,47)(H,38,48)/b2-1+/t15?,16?,17-,18-,21-,22-,25-,26-,45-,46+/m1/s1. The fraction of sp³-hybridized carbons (Fsp3) is 0.538. The Morgan fingerprint density at radius 1 is 0.688 bits per heavy atom. The summed E-state index contributed by atoms with van der Waals surface area (Å²) in [6, 6.07) is 0. The first-order chi connectivity index (χ1) is 23.1. The van der Waals surface area contributed by atoms with Gasteiger partial charge in [-0.15, -0.1) is 0 Å². The van der Waals surface area contributed by atoms with Crippen LogP contribution < -0.4 is 0 Å². The van der Waals surface area contributed by atoms with E-state index in [0.717, 1.165) is 0 Å². The molecule has 0 saturated carbocycles. The smallest absolute Gasteiger partial charge is 0.346 e. The maximum atomic E-state index is 16.2. The number of rotatable bonds is 0. The minimum atomic E-state index is -4.37. The van der Waals surface area contributed by atoms with E-state index in [4.69, 9.17) is 27.6 Å². The van der Waals surface area contributed by atoms with Gasteiger partial charge in [-0.2, -0.15) is 0 Å². The van der Waals surface area contributed by atoms with E-state index in [1.54, 1.807) is 0 Å². The van der Waals surface area contributed by atoms with Gasteiger partial charge in [0.25, 0.3) is 0 Å². The van der Waals surface area contributed by atoms with E-state index in [2.05, 4.69) is 54.4 Å². The molecule has 22 heteroatoms. The van der Waals surface area contributed by atoms with Crippen molar-refractivity contribution in [2.24, 2.45) is 0 Å². The number of halogens is 2. The second kappa shape index (κ2) is 12.7. The Balaban J connectivity index is 1.21. The van der Waals surface area contributed by atoms with Gasteiger partial charge in [-0.3, -0.25) is 27.2 Å². The summed E-state index contributed by atoms with van der Waals surface area (Å²) in [6.07, 6.45) is -0.789. The van der Waals surface area contributed by atoms with Gasteiger partial charge in [0.2, 0.25) is 0 Å². The zero-order chi connectivity index (χ0) is 33.2. The van der Waals surface area contributed by atoms with Crippen LogP contribution in [0.5, 0.6) is 0 Å². The van der Waals surface area contributed by atoms with Gasteiger partial charge in [0.05, 0.1) is 37.3 Å². The van der Waals surface area contributed by atoms with E-state index < -0.39 is 76.0 Å². The third-order valence-electron chi connectivity index (χ3n) is 8.53. The Morgan fingerprint density at radius 3 is 1.56 bits per heavy atom. The summed E-state index contributed by atoms with van der Waals surface area (Å²) >= 11 is 8.13. The normalized spacial score (nSPS) is 38.3. The molecule has 2 unspecified atom stereocenters. The van der Waals surface area contributed by atoms with Gasteiger partial charge in [-0.25, -0.2) is 47.8 Å². The van der Waals surface area contributed by atoms with Crippen LogP contribution in [0.15, 0.2) is 37.5 Å². The van der Waals surface area contributed by atoms with E-state index in [1.165, 1.54) is 34.4 Å². The molecular weight excluding hydrogens is 716 g/mol. The second-order valence-corrected chi connectivity index (χ2v) is 17.3. The van der Waals surface area contributed by atoms with Crippen LogP contribution in [0.25, 0.3) is 22.3 Å². The van der Waals surface area contributed by atoms with E-state index >= 15 is 8.78 Å². The molecule has 5 aliphatic rings. The van der Waals surface area contributed by atoms with Crippen LogP contribution >= 0.6 is 38.1 Å². The Hall–Kier alpha value is -2.38. The number of alkyl halides is 2. The highest BCUT2D eigenvalue weighted by Gasteiger charge is 2.54. The van der Waals surface area contributed by atoms with E-state index in [0.29, 0.717) is 59.4 Å². The molecule has 9 heterocycles. The number of ether oxygens (including phenoxy) is 2. The zero-order valence-electron chi connectivity index (χ0n) is 24.7. The van der Waals surface area contributed by atoms with Crippen molar-refractivity contribution in [3.8, 4) is 0 Å². The minimum absolute atomic E-state index is 0.290. The fourth-order valence-electron chi connectivity index (χ4n) is 6.27. The van der Waals surface area contributed by atoms with Gasteiger partial charge in [-0.05, 0) is 25.7 Å². The molecular formula is C26H28F2N8O8P2S2. The monoisotopic (exact) mass is 744 g/mol. The average Bonchev–Trinajstić information content (AvgIpc) is 3.81. The van der Waals surface area contributed by atoms with Crippen molar-refractivity contribution in [1.82, 2.24) is 39.0 Å². The molecule has 256 valence electrons. The lowest BCUT2D eigenvalue weighted by Gasteiger charge is -2.28. The van der Waals surface area contributed by atoms with E-state index in [1.807, 2.05) is 12.2 Å². The van der Waals surface area contributed by atoms with Crippen LogP contribution in [-0.2, 0) is 49.5 Å². The highest BCUT2D eigenvalue weighted by atomic mass is 32.7. The van der Waals surface area contributed by atoms with Crippen molar-refractivity contribution >= 4 is 60.4 Å². The number of fused-ring (bicyclic) bond motifs is 10. The van der Waals surface area contributed by atoms with Crippen molar-refractivity contribution < 1.29 is 45.5 Å². The first-order valence-electron chi connectivity index (χ1n) is 15.0. The Kier molecular flexibility index (Phi) is 8.71. The number of aryl methyl sites for hydroxylation is 2. The summed E-state index contributed by atoms with van der Waals surface area (Å²) in [5.74, 6) is 0. The Labute approximate surface area is 281 Å². The molecule has 0 aromatic carbocycles. The van der Waals surface area contributed by atoms with Crippen molar-refractivity contribution in [3.63, 3.8) is 0 Å². The largest absolute Gasteiger partial charge is 0.386 e. The summed E-state index contributed by atoms with van der Waals surface area (Å²) in [4.78, 5) is 26.2. The number of hydrogen-bond acceptors (Lipinski definition) is 14. The summed E-state index contributed by atoms with van der Waals surface area (Å²) in [7, 11) is 0. The number of nitrogens with zero attached hydrogens (tertiary/aromatic N) is 8. The van der Waals surface area contributed by atoms with Crippen LogP contribution in [0.4, 0.5) is 8.78 Å². The Bertz CT molecular complexity index is 1850. The molecule has 48 heavy (non-hydrogen) atoms. The highest BCUT2D eigenvalue weighted by Crippen LogP contribution is 2.60. The lowest BCUT2D eigenvalue weighted by atomic mass is 10.1. The molecule has 9 rings (SSSR count). The van der Waals surface area contributed by atoms with Crippen LogP contribution in [0.2, 0.25) is 0 Å². The van der Waals surface area contributed by atoms with Crippen molar-refractivity contribution in [2.45, 2.75) is 74.9 Å². The molecule has 0 amide bonds. The van der Waals surface area contributed by atoms with Gasteiger partial charge in [0, 0.05) is 0 Å². The number of aromatic nitrogens is 8. The maximum absolute atomic E-state index is 16.2. The SMILES string of the molecule is O=[P@]1(S)OCC2O[C@@H]3[C@H](F)[C@@H]2O[P@](=O)(S)OCC2O[C@H]([C@H](F)[C@@H]2O1)n1cnc2c(ncnc21)CC/C=C/CCc1ncnc2c1ncn23. The van der Waals surface area contributed by atoms with Crippen LogP contribution in [0.3, 0.4) is 0 Å². The average molecular weight is 745 g/mol. The molecule has 0 spiro atoms. The van der Waals surface area contributed by atoms with Crippen LogP contribution in [-0.4, -0.2) is 89.0 Å². The molecule has 4 aromatic rings. The molecule has 14 bridgehead atoms. The molecule has 10 atom stereocenters. The van der Waals surface area contributed by atoms with Crippen molar-refractivity contribution in [2.75, 3.05) is 13.2 Å². The van der Waals surface area contributed by atoms with Crippen LogP contribution in [0, 0.1) is 0 Å². The summed E-state index contributed by atoms with van der Waals surface area (Å²) in [6.45, 7) is -9.95. The lowest BCUT2D eigenvalue weighted by molar-refractivity contribution is -0.0544. The molecule has 0 radical (unpaired) electrons. The highest BCUT2D eigenvalue weighted by molar-refractivity contribution is 8.44. The van der Waals surface area contributed by atoms with Crippen molar-refractivity contribution in [1.29, 1.82) is 0 Å². The van der Waals surface area contributed by atoms with Gasteiger partial charge in [-0.1, -0.05) is 36.6 Å². The fourth-order valence-corrected chi connectivity index (χ4v) is 9.24. The quantitative estimate of drug-likeness (QED) is 0.147.